The molecule has 9 heteroatoms. The zero-order valence-electron chi connectivity index (χ0n) is 13.9. The smallest absolute Gasteiger partial charge is 0.243 e. The van der Waals surface area contributed by atoms with Gasteiger partial charge in [0.25, 0.3) is 0 Å². The first kappa shape index (κ1) is 21.4. The van der Waals surface area contributed by atoms with Crippen molar-refractivity contribution in [3.8, 4) is 0 Å². The summed E-state index contributed by atoms with van der Waals surface area (Å²) < 4.78 is 51.3. The highest BCUT2D eigenvalue weighted by molar-refractivity contribution is 7.91. The first-order valence-electron chi connectivity index (χ1n) is 7.80. The Labute approximate surface area is 150 Å². The van der Waals surface area contributed by atoms with E-state index in [1.165, 1.54) is 35.5 Å². The van der Waals surface area contributed by atoms with Gasteiger partial charge in [-0.25, -0.2) is 16.8 Å². The van der Waals surface area contributed by atoms with Crippen LogP contribution < -0.4 is 5.73 Å². The number of piperidine rings is 1. The molecule has 2 unspecified atom stereocenters. The molecule has 0 saturated carbocycles. The van der Waals surface area contributed by atoms with Crippen LogP contribution in [-0.4, -0.2) is 45.5 Å². The lowest BCUT2D eigenvalue weighted by molar-refractivity contribution is 0.227. The summed E-state index contributed by atoms with van der Waals surface area (Å²) in [4.78, 5) is 0.0509. The van der Waals surface area contributed by atoms with Crippen molar-refractivity contribution in [2.75, 3.05) is 12.3 Å². The Morgan fingerprint density at radius 3 is 2.42 bits per heavy atom. The van der Waals surface area contributed by atoms with E-state index < -0.39 is 19.9 Å². The first-order valence-corrected chi connectivity index (χ1v) is 10.9. The number of rotatable bonds is 5. The molecule has 2 N–H and O–H groups in total. The average molecular weight is 397 g/mol. The maximum Gasteiger partial charge on any atom is 0.243 e. The number of nitrogens with zero attached hydrogens (tertiary/aromatic N) is 1. The van der Waals surface area contributed by atoms with Crippen LogP contribution in [0.4, 0.5) is 0 Å². The summed E-state index contributed by atoms with van der Waals surface area (Å²) in [5.74, 6) is -0.0668. The van der Waals surface area contributed by atoms with Crippen LogP contribution in [0.1, 0.15) is 33.1 Å². The van der Waals surface area contributed by atoms with E-state index in [1.54, 1.807) is 6.92 Å². The van der Waals surface area contributed by atoms with Gasteiger partial charge >= 0.3 is 0 Å². The van der Waals surface area contributed by atoms with Crippen LogP contribution in [0.3, 0.4) is 0 Å². The zero-order chi connectivity index (χ0) is 17.3. The van der Waals surface area contributed by atoms with Crippen molar-refractivity contribution in [1.82, 2.24) is 4.31 Å². The summed E-state index contributed by atoms with van der Waals surface area (Å²) >= 11 is 0. The fourth-order valence-electron chi connectivity index (χ4n) is 2.88. The fraction of sp³-hybridized carbons (Fsp3) is 0.600. The molecule has 1 aliphatic heterocycles. The Hall–Kier alpha value is -0.670. The van der Waals surface area contributed by atoms with Gasteiger partial charge in [0.05, 0.1) is 15.5 Å². The first-order chi connectivity index (χ1) is 10.7. The average Bonchev–Trinajstić information content (AvgIpc) is 2.55. The van der Waals surface area contributed by atoms with E-state index >= 15 is 0 Å². The molecule has 0 spiro atoms. The Morgan fingerprint density at radius 2 is 1.83 bits per heavy atom. The van der Waals surface area contributed by atoms with E-state index in [2.05, 4.69) is 0 Å². The highest BCUT2D eigenvalue weighted by atomic mass is 35.5. The van der Waals surface area contributed by atoms with Gasteiger partial charge in [-0.15, -0.1) is 12.4 Å². The lowest BCUT2D eigenvalue weighted by Gasteiger charge is -2.36. The molecule has 1 fully saturated rings. The highest BCUT2D eigenvalue weighted by Gasteiger charge is 2.35. The molecule has 0 radical (unpaired) electrons. The minimum absolute atomic E-state index is 0. The molecule has 1 aromatic rings. The van der Waals surface area contributed by atoms with Crippen LogP contribution in [0.25, 0.3) is 0 Å². The summed E-state index contributed by atoms with van der Waals surface area (Å²) in [5.41, 5.74) is 5.95. The van der Waals surface area contributed by atoms with Gasteiger partial charge in [0, 0.05) is 18.6 Å². The van der Waals surface area contributed by atoms with Crippen LogP contribution in [0.15, 0.2) is 34.1 Å². The third-order valence-corrected chi connectivity index (χ3v) is 7.91. The predicted octanol–water partition coefficient (Wildman–Crippen LogP) is 1.79. The van der Waals surface area contributed by atoms with Crippen LogP contribution in [0.2, 0.25) is 0 Å². The van der Waals surface area contributed by atoms with Crippen molar-refractivity contribution in [3.63, 3.8) is 0 Å². The summed E-state index contributed by atoms with van der Waals surface area (Å²) in [5, 5.41) is 0. The third kappa shape index (κ3) is 4.29. The normalized spacial score (nSPS) is 21.0. The van der Waals surface area contributed by atoms with E-state index in [0.717, 1.165) is 19.3 Å². The van der Waals surface area contributed by atoms with E-state index in [4.69, 9.17) is 5.73 Å². The van der Waals surface area contributed by atoms with Crippen molar-refractivity contribution >= 4 is 32.3 Å². The number of benzene rings is 1. The summed E-state index contributed by atoms with van der Waals surface area (Å²) in [6, 6.07) is 5.07. The monoisotopic (exact) mass is 396 g/mol. The van der Waals surface area contributed by atoms with Crippen molar-refractivity contribution < 1.29 is 16.8 Å². The second-order valence-corrected chi connectivity index (χ2v) is 10.1. The van der Waals surface area contributed by atoms with Crippen LogP contribution in [-0.2, 0) is 19.9 Å². The number of halogens is 1. The van der Waals surface area contributed by atoms with Crippen LogP contribution in [0, 0.1) is 0 Å². The molecule has 1 aliphatic rings. The number of hydrogen-bond donors (Lipinski definition) is 1. The number of sulfonamides is 1. The molecule has 2 rings (SSSR count). The quantitative estimate of drug-likeness (QED) is 0.818. The molecule has 0 aromatic heterocycles. The second kappa shape index (κ2) is 8.14. The Kier molecular flexibility index (Phi) is 7.25. The second-order valence-electron chi connectivity index (χ2n) is 5.92. The Bertz CT molecular complexity index is 763. The molecular weight excluding hydrogens is 372 g/mol. The lowest BCUT2D eigenvalue weighted by atomic mass is 10.00. The van der Waals surface area contributed by atoms with Gasteiger partial charge in [0.2, 0.25) is 10.0 Å². The van der Waals surface area contributed by atoms with E-state index in [9.17, 15) is 16.8 Å². The van der Waals surface area contributed by atoms with Gasteiger partial charge < -0.3 is 5.73 Å². The topological polar surface area (TPSA) is 97.5 Å². The minimum atomic E-state index is -3.76. The van der Waals surface area contributed by atoms with Gasteiger partial charge in [-0.1, -0.05) is 19.4 Å². The molecule has 1 saturated heterocycles. The van der Waals surface area contributed by atoms with Crippen LogP contribution in [0.5, 0.6) is 0 Å². The maximum absolute atomic E-state index is 12.9. The molecule has 0 bridgehead atoms. The molecule has 1 aromatic carbocycles. The molecule has 0 amide bonds. The number of sulfone groups is 1. The van der Waals surface area contributed by atoms with Crippen molar-refractivity contribution in [3.05, 3.63) is 24.3 Å². The maximum atomic E-state index is 12.9. The molecule has 138 valence electrons. The zero-order valence-corrected chi connectivity index (χ0v) is 16.3. The standard InChI is InChI=1S/C15H24N2O4S2.ClH/c1-3-22(18,19)13-7-6-8-14(11-13)23(20,21)17-10-5-4-9-15(17)12(2)16;/h6-8,11-12,15H,3-5,9-10,16H2,1-2H3;1H. The van der Waals surface area contributed by atoms with Gasteiger partial charge in [0.1, 0.15) is 0 Å². The van der Waals surface area contributed by atoms with Crippen molar-refractivity contribution in [2.24, 2.45) is 5.73 Å². The van der Waals surface area contributed by atoms with Gasteiger partial charge in [0.15, 0.2) is 9.84 Å². The highest BCUT2D eigenvalue weighted by Crippen LogP contribution is 2.28. The summed E-state index contributed by atoms with van der Waals surface area (Å²) in [6.07, 6.45) is 2.46. The largest absolute Gasteiger partial charge is 0.326 e. The molecule has 6 nitrogen and oxygen atoms in total. The molecular formula is C15H25ClN2O4S2. The number of hydrogen-bond acceptors (Lipinski definition) is 5. The van der Waals surface area contributed by atoms with E-state index in [-0.39, 0.29) is 40.0 Å². The third-order valence-electron chi connectivity index (χ3n) is 4.26. The van der Waals surface area contributed by atoms with E-state index in [1.807, 2.05) is 0 Å². The number of nitrogens with two attached hydrogens (primary N) is 1. The van der Waals surface area contributed by atoms with E-state index in [0.29, 0.717) is 6.54 Å². The van der Waals surface area contributed by atoms with Crippen molar-refractivity contribution in [2.45, 2.75) is 55.0 Å². The van der Waals surface area contributed by atoms with Crippen LogP contribution >= 0.6 is 12.4 Å². The van der Waals surface area contributed by atoms with Gasteiger partial charge in [-0.05, 0) is 38.0 Å². The summed E-state index contributed by atoms with van der Waals surface area (Å²) in [6.45, 7) is 3.75. The predicted molar refractivity (Wildman–Crippen MR) is 96.6 cm³/mol. The molecule has 24 heavy (non-hydrogen) atoms. The van der Waals surface area contributed by atoms with Crippen molar-refractivity contribution in [1.29, 1.82) is 0 Å². The van der Waals surface area contributed by atoms with Gasteiger partial charge in [-0.2, -0.15) is 4.31 Å². The molecule has 0 aliphatic carbocycles. The summed E-state index contributed by atoms with van der Waals surface area (Å²) in [7, 11) is -7.21. The Balaban J connectivity index is 0.00000288. The molecule has 2 atom stereocenters. The fourth-order valence-corrected chi connectivity index (χ4v) is 5.71. The molecule has 1 heterocycles. The minimum Gasteiger partial charge on any atom is -0.326 e. The SMILES string of the molecule is CCS(=O)(=O)c1cccc(S(=O)(=O)N2CCCCC2C(C)N)c1.Cl. The Morgan fingerprint density at radius 1 is 1.21 bits per heavy atom. The van der Waals surface area contributed by atoms with Gasteiger partial charge in [-0.3, -0.25) is 0 Å². The lowest BCUT2D eigenvalue weighted by Crippen LogP contribution is -2.51.